The molecule has 6 heteroatoms. The summed E-state index contributed by atoms with van der Waals surface area (Å²) in [6.07, 6.45) is 1.99. The fourth-order valence-corrected chi connectivity index (χ4v) is 4.75. The van der Waals surface area contributed by atoms with Crippen LogP contribution in [0.2, 0.25) is 15.1 Å². The van der Waals surface area contributed by atoms with Gasteiger partial charge in [0.2, 0.25) is 0 Å². The van der Waals surface area contributed by atoms with E-state index < -0.39 is 0 Å². The second kappa shape index (κ2) is 10.6. The van der Waals surface area contributed by atoms with Gasteiger partial charge in [0.15, 0.2) is 0 Å². The van der Waals surface area contributed by atoms with Crippen LogP contribution in [0, 0.1) is 0 Å². The zero-order chi connectivity index (χ0) is 21.6. The lowest BCUT2D eigenvalue weighted by atomic mass is 9.91. The van der Waals surface area contributed by atoms with Crippen LogP contribution in [0.15, 0.2) is 72.8 Å². The number of halogens is 3. The maximum Gasteiger partial charge on any atom is 0.119 e. The van der Waals surface area contributed by atoms with Crippen LogP contribution in [0.25, 0.3) is 0 Å². The Morgan fingerprint density at radius 1 is 0.903 bits per heavy atom. The van der Waals surface area contributed by atoms with Gasteiger partial charge >= 0.3 is 0 Å². The summed E-state index contributed by atoms with van der Waals surface area (Å²) >= 11 is 18.8. The van der Waals surface area contributed by atoms with E-state index in [4.69, 9.17) is 39.5 Å². The fraction of sp³-hybridized carbons (Fsp3) is 0.280. The molecule has 2 unspecified atom stereocenters. The molecule has 1 N–H and O–H groups in total. The minimum Gasteiger partial charge on any atom is -0.492 e. The monoisotopic (exact) mass is 474 g/mol. The van der Waals surface area contributed by atoms with E-state index in [0.29, 0.717) is 22.7 Å². The van der Waals surface area contributed by atoms with Crippen LogP contribution in [-0.4, -0.2) is 25.7 Å². The summed E-state index contributed by atoms with van der Waals surface area (Å²) in [6.45, 7) is 2.33. The van der Waals surface area contributed by atoms with E-state index in [9.17, 15) is 0 Å². The first-order chi connectivity index (χ1) is 15.1. The van der Waals surface area contributed by atoms with Crippen molar-refractivity contribution in [2.45, 2.75) is 24.9 Å². The lowest BCUT2D eigenvalue weighted by Crippen LogP contribution is -2.45. The third-order valence-electron chi connectivity index (χ3n) is 5.62. The maximum atomic E-state index is 6.56. The largest absolute Gasteiger partial charge is 0.492 e. The lowest BCUT2D eigenvalue weighted by molar-refractivity contribution is 0.287. The summed E-state index contributed by atoms with van der Waals surface area (Å²) in [7, 11) is 0. The molecule has 1 heterocycles. The van der Waals surface area contributed by atoms with E-state index in [1.165, 1.54) is 5.56 Å². The molecule has 31 heavy (non-hydrogen) atoms. The standard InChI is InChI=1S/C25H25Cl3N2O/c26-19-8-6-18(7-9-19)25-17-21(29-13-15-31-22-4-2-1-3-5-22)12-14-30(25)24-11-10-20(27)16-23(24)28/h1-11,16,21,25,29H,12-15,17H2. The van der Waals surface area contributed by atoms with E-state index >= 15 is 0 Å². The number of rotatable bonds is 7. The number of ether oxygens (including phenoxy) is 1. The number of nitrogens with one attached hydrogen (secondary N) is 1. The van der Waals surface area contributed by atoms with Gasteiger partial charge in [-0.2, -0.15) is 0 Å². The van der Waals surface area contributed by atoms with Crippen molar-refractivity contribution in [3.05, 3.63) is 93.4 Å². The minimum absolute atomic E-state index is 0.192. The van der Waals surface area contributed by atoms with Crippen molar-refractivity contribution in [1.82, 2.24) is 5.32 Å². The van der Waals surface area contributed by atoms with E-state index in [0.717, 1.165) is 42.4 Å². The fourth-order valence-electron chi connectivity index (χ4n) is 4.10. The lowest BCUT2D eigenvalue weighted by Gasteiger charge is -2.42. The minimum atomic E-state index is 0.192. The van der Waals surface area contributed by atoms with Crippen LogP contribution in [0.1, 0.15) is 24.4 Å². The van der Waals surface area contributed by atoms with Gasteiger partial charge in [0, 0.05) is 29.2 Å². The van der Waals surface area contributed by atoms with Crippen LogP contribution >= 0.6 is 34.8 Å². The summed E-state index contributed by atoms with van der Waals surface area (Å²) in [5.74, 6) is 0.899. The molecule has 0 bridgehead atoms. The Labute approximate surface area is 198 Å². The number of piperidine rings is 1. The van der Waals surface area contributed by atoms with Crippen molar-refractivity contribution < 1.29 is 4.74 Å². The van der Waals surface area contributed by atoms with Crippen molar-refractivity contribution in [1.29, 1.82) is 0 Å². The average Bonchev–Trinajstić information content (AvgIpc) is 2.78. The van der Waals surface area contributed by atoms with Crippen molar-refractivity contribution in [3.63, 3.8) is 0 Å². The molecule has 1 fully saturated rings. The molecule has 1 saturated heterocycles. The molecule has 0 amide bonds. The maximum absolute atomic E-state index is 6.56. The molecular formula is C25H25Cl3N2O. The normalized spacial score (nSPS) is 18.7. The van der Waals surface area contributed by atoms with Crippen LogP contribution < -0.4 is 15.0 Å². The number of hydrogen-bond donors (Lipinski definition) is 1. The summed E-state index contributed by atoms with van der Waals surface area (Å²) in [6, 6.07) is 24.3. The van der Waals surface area contributed by atoms with Crippen LogP contribution in [0.4, 0.5) is 5.69 Å². The Bertz CT molecular complexity index is 982. The summed E-state index contributed by atoms with van der Waals surface area (Å²) in [5, 5.41) is 5.73. The Morgan fingerprint density at radius 2 is 1.65 bits per heavy atom. The molecule has 0 saturated carbocycles. The van der Waals surface area contributed by atoms with E-state index in [-0.39, 0.29) is 6.04 Å². The van der Waals surface area contributed by atoms with Crippen molar-refractivity contribution in [2.24, 2.45) is 0 Å². The van der Waals surface area contributed by atoms with E-state index in [1.54, 1.807) is 0 Å². The van der Waals surface area contributed by atoms with Gasteiger partial charge in [-0.3, -0.25) is 0 Å². The zero-order valence-electron chi connectivity index (χ0n) is 17.1. The number of hydrogen-bond acceptors (Lipinski definition) is 3. The molecule has 1 aliphatic heterocycles. The van der Waals surface area contributed by atoms with Crippen LogP contribution in [0.5, 0.6) is 5.75 Å². The predicted octanol–water partition coefficient (Wildman–Crippen LogP) is 7.03. The Morgan fingerprint density at radius 3 is 2.39 bits per heavy atom. The van der Waals surface area contributed by atoms with Gasteiger partial charge in [-0.15, -0.1) is 0 Å². The van der Waals surface area contributed by atoms with Gasteiger partial charge < -0.3 is 15.0 Å². The van der Waals surface area contributed by atoms with Gasteiger partial charge in [-0.25, -0.2) is 0 Å². The van der Waals surface area contributed by atoms with Crippen molar-refractivity contribution in [2.75, 3.05) is 24.6 Å². The average molecular weight is 476 g/mol. The number of anilines is 1. The highest BCUT2D eigenvalue weighted by atomic mass is 35.5. The molecule has 2 atom stereocenters. The molecule has 0 spiro atoms. The van der Waals surface area contributed by atoms with Gasteiger partial charge in [0.05, 0.1) is 16.8 Å². The van der Waals surface area contributed by atoms with E-state index in [2.05, 4.69) is 22.3 Å². The molecule has 3 nitrogen and oxygen atoms in total. The first-order valence-electron chi connectivity index (χ1n) is 10.5. The van der Waals surface area contributed by atoms with Crippen molar-refractivity contribution >= 4 is 40.5 Å². The number of benzene rings is 3. The zero-order valence-corrected chi connectivity index (χ0v) is 19.4. The topological polar surface area (TPSA) is 24.5 Å². The Balaban J connectivity index is 1.44. The Kier molecular flexibility index (Phi) is 7.62. The van der Waals surface area contributed by atoms with Crippen LogP contribution in [-0.2, 0) is 0 Å². The third kappa shape index (κ3) is 5.87. The van der Waals surface area contributed by atoms with Gasteiger partial charge in [-0.05, 0) is 60.9 Å². The van der Waals surface area contributed by atoms with Crippen molar-refractivity contribution in [3.8, 4) is 5.75 Å². The summed E-state index contributed by atoms with van der Waals surface area (Å²) < 4.78 is 5.82. The predicted molar refractivity (Wildman–Crippen MR) is 131 cm³/mol. The molecule has 162 valence electrons. The number of nitrogens with zero attached hydrogens (tertiary/aromatic N) is 1. The van der Waals surface area contributed by atoms with Gasteiger partial charge in [0.1, 0.15) is 12.4 Å². The number of para-hydroxylation sites is 1. The van der Waals surface area contributed by atoms with Crippen LogP contribution in [0.3, 0.4) is 0 Å². The van der Waals surface area contributed by atoms with E-state index in [1.807, 2.05) is 60.7 Å². The molecule has 4 rings (SSSR count). The smallest absolute Gasteiger partial charge is 0.119 e. The molecule has 0 aliphatic carbocycles. The summed E-state index contributed by atoms with van der Waals surface area (Å²) in [5.41, 5.74) is 2.24. The second-order valence-corrected chi connectivity index (χ2v) is 8.97. The molecule has 0 aromatic heterocycles. The quantitative estimate of drug-likeness (QED) is 0.371. The molecule has 0 radical (unpaired) electrons. The highest BCUT2D eigenvalue weighted by molar-refractivity contribution is 6.36. The molecule has 3 aromatic carbocycles. The molecule has 3 aromatic rings. The Hall–Kier alpha value is -1.91. The molecule has 1 aliphatic rings. The third-order valence-corrected chi connectivity index (χ3v) is 6.41. The first-order valence-corrected chi connectivity index (χ1v) is 11.6. The highest BCUT2D eigenvalue weighted by Gasteiger charge is 2.30. The SMILES string of the molecule is Clc1ccc(C2CC(NCCOc3ccccc3)CCN2c2ccc(Cl)cc2Cl)cc1. The highest BCUT2D eigenvalue weighted by Crippen LogP contribution is 2.39. The summed E-state index contributed by atoms with van der Waals surface area (Å²) in [4.78, 5) is 2.38. The van der Waals surface area contributed by atoms with Gasteiger partial charge in [0.25, 0.3) is 0 Å². The molecular weight excluding hydrogens is 451 g/mol. The van der Waals surface area contributed by atoms with Gasteiger partial charge in [-0.1, -0.05) is 65.1 Å². The first kappa shape index (κ1) is 22.3. The second-order valence-electron chi connectivity index (χ2n) is 7.69.